The summed E-state index contributed by atoms with van der Waals surface area (Å²) >= 11 is 0. The smallest absolute Gasteiger partial charge is 0.161 e. The second-order valence-electron chi connectivity index (χ2n) is 3.43. The third-order valence-electron chi connectivity index (χ3n) is 1.95. The first-order valence-electron chi connectivity index (χ1n) is 4.53. The molecule has 0 atom stereocenters. The largest absolute Gasteiger partial charge is 0.493 e. The molecule has 15 heavy (non-hydrogen) atoms. The van der Waals surface area contributed by atoms with Gasteiger partial charge in [-0.1, -0.05) is 6.07 Å². The second kappa shape index (κ2) is 6.53. The zero-order valence-electron chi connectivity index (χ0n) is 9.61. The van der Waals surface area contributed by atoms with E-state index in [1.54, 1.807) is 14.2 Å². The van der Waals surface area contributed by atoms with E-state index in [0.717, 1.165) is 18.0 Å². The van der Waals surface area contributed by atoms with Gasteiger partial charge in [0.2, 0.25) is 0 Å². The average Bonchev–Trinajstić information content (AvgIpc) is 2.16. The van der Waals surface area contributed by atoms with Crippen molar-refractivity contribution in [3.8, 4) is 11.5 Å². The van der Waals surface area contributed by atoms with Crippen molar-refractivity contribution in [2.24, 2.45) is 0 Å². The minimum Gasteiger partial charge on any atom is -0.493 e. The van der Waals surface area contributed by atoms with E-state index in [1.165, 1.54) is 5.56 Å². The summed E-state index contributed by atoms with van der Waals surface area (Å²) in [5, 5.41) is 0. The molecule has 0 aliphatic heterocycles. The van der Waals surface area contributed by atoms with Gasteiger partial charge in [-0.15, -0.1) is 12.4 Å². The van der Waals surface area contributed by atoms with Gasteiger partial charge >= 0.3 is 0 Å². The van der Waals surface area contributed by atoms with Crippen LogP contribution in [0.5, 0.6) is 11.5 Å². The van der Waals surface area contributed by atoms with Crippen LogP contribution in [-0.4, -0.2) is 33.2 Å². The quantitative estimate of drug-likeness (QED) is 0.793. The maximum absolute atomic E-state index is 5.21. The maximum Gasteiger partial charge on any atom is 0.161 e. The first kappa shape index (κ1) is 14.1. The Kier molecular flexibility index (Phi) is 6.13. The lowest BCUT2D eigenvalue weighted by atomic mass is 10.2. The van der Waals surface area contributed by atoms with Crippen LogP contribution in [0.3, 0.4) is 0 Å². The number of hydrogen-bond acceptors (Lipinski definition) is 3. The molecule has 1 rings (SSSR count). The Balaban J connectivity index is 0.00000196. The summed E-state index contributed by atoms with van der Waals surface area (Å²) in [5.74, 6) is 1.56. The van der Waals surface area contributed by atoms with Crippen LogP contribution in [0.1, 0.15) is 5.56 Å². The summed E-state index contributed by atoms with van der Waals surface area (Å²) in [6.45, 7) is 0.903. The third-order valence-corrected chi connectivity index (χ3v) is 1.95. The molecule has 4 heteroatoms. The normalized spacial score (nSPS) is 9.67. The van der Waals surface area contributed by atoms with Crippen molar-refractivity contribution in [1.29, 1.82) is 0 Å². The summed E-state index contributed by atoms with van der Waals surface area (Å²) in [6.07, 6.45) is 0. The van der Waals surface area contributed by atoms with E-state index in [-0.39, 0.29) is 12.4 Å². The molecular weight excluding hydrogens is 214 g/mol. The Hall–Kier alpha value is -0.930. The van der Waals surface area contributed by atoms with Gasteiger partial charge in [0.15, 0.2) is 11.5 Å². The maximum atomic E-state index is 5.21. The van der Waals surface area contributed by atoms with Crippen molar-refractivity contribution in [1.82, 2.24) is 4.90 Å². The second-order valence-corrected chi connectivity index (χ2v) is 3.43. The minimum atomic E-state index is 0. The van der Waals surface area contributed by atoms with E-state index in [0.29, 0.717) is 0 Å². The molecule has 0 bridgehead atoms. The van der Waals surface area contributed by atoms with Crippen LogP contribution in [0.15, 0.2) is 18.2 Å². The van der Waals surface area contributed by atoms with Crippen molar-refractivity contribution >= 4 is 12.4 Å². The molecular formula is C11H18ClNO2. The van der Waals surface area contributed by atoms with Crippen molar-refractivity contribution in [3.05, 3.63) is 23.8 Å². The van der Waals surface area contributed by atoms with Gasteiger partial charge in [-0.25, -0.2) is 0 Å². The van der Waals surface area contributed by atoms with Crippen molar-refractivity contribution in [2.45, 2.75) is 6.54 Å². The first-order valence-corrected chi connectivity index (χ1v) is 4.53. The van der Waals surface area contributed by atoms with E-state index >= 15 is 0 Å². The Morgan fingerprint density at radius 2 is 1.67 bits per heavy atom. The van der Waals surface area contributed by atoms with Gasteiger partial charge in [0, 0.05) is 6.54 Å². The van der Waals surface area contributed by atoms with E-state index in [1.807, 2.05) is 32.3 Å². The number of ether oxygens (including phenoxy) is 2. The molecule has 3 nitrogen and oxygen atoms in total. The molecule has 0 saturated carbocycles. The van der Waals surface area contributed by atoms with Gasteiger partial charge in [0.1, 0.15) is 0 Å². The first-order chi connectivity index (χ1) is 6.67. The van der Waals surface area contributed by atoms with Crippen molar-refractivity contribution in [3.63, 3.8) is 0 Å². The topological polar surface area (TPSA) is 21.7 Å². The fraction of sp³-hybridized carbons (Fsp3) is 0.455. The van der Waals surface area contributed by atoms with E-state index < -0.39 is 0 Å². The SMILES string of the molecule is COc1ccc(CN(C)C)cc1OC.Cl. The molecule has 86 valence electrons. The molecule has 0 spiro atoms. The number of benzene rings is 1. The Morgan fingerprint density at radius 1 is 1.07 bits per heavy atom. The molecule has 0 heterocycles. The molecule has 1 aromatic carbocycles. The minimum absolute atomic E-state index is 0. The van der Waals surface area contributed by atoms with Gasteiger partial charge in [0.05, 0.1) is 14.2 Å². The fourth-order valence-corrected chi connectivity index (χ4v) is 1.34. The van der Waals surface area contributed by atoms with Crippen LogP contribution in [0.2, 0.25) is 0 Å². The van der Waals surface area contributed by atoms with Gasteiger partial charge in [-0.05, 0) is 31.8 Å². The van der Waals surface area contributed by atoms with Gasteiger partial charge in [-0.2, -0.15) is 0 Å². The highest BCUT2D eigenvalue weighted by Gasteiger charge is 2.04. The number of rotatable bonds is 4. The van der Waals surface area contributed by atoms with Gasteiger partial charge < -0.3 is 14.4 Å². The average molecular weight is 232 g/mol. The van der Waals surface area contributed by atoms with Gasteiger partial charge in [-0.3, -0.25) is 0 Å². The Labute approximate surface area is 97.4 Å². The van der Waals surface area contributed by atoms with Crippen LogP contribution >= 0.6 is 12.4 Å². The fourth-order valence-electron chi connectivity index (χ4n) is 1.34. The van der Waals surface area contributed by atoms with Crippen LogP contribution < -0.4 is 9.47 Å². The zero-order chi connectivity index (χ0) is 10.6. The van der Waals surface area contributed by atoms with E-state index in [2.05, 4.69) is 4.90 Å². The van der Waals surface area contributed by atoms with Crippen LogP contribution in [-0.2, 0) is 6.54 Å². The number of halogens is 1. The van der Waals surface area contributed by atoms with Crippen LogP contribution in [0.4, 0.5) is 0 Å². The predicted molar refractivity (Wildman–Crippen MR) is 64.2 cm³/mol. The Morgan fingerprint density at radius 3 is 2.13 bits per heavy atom. The van der Waals surface area contributed by atoms with Crippen molar-refractivity contribution in [2.75, 3.05) is 28.3 Å². The lowest BCUT2D eigenvalue weighted by molar-refractivity contribution is 0.352. The predicted octanol–water partition coefficient (Wildman–Crippen LogP) is 2.19. The van der Waals surface area contributed by atoms with Gasteiger partial charge in [0.25, 0.3) is 0 Å². The highest BCUT2D eigenvalue weighted by atomic mass is 35.5. The van der Waals surface area contributed by atoms with Crippen molar-refractivity contribution < 1.29 is 9.47 Å². The van der Waals surface area contributed by atoms with E-state index in [9.17, 15) is 0 Å². The number of nitrogens with zero attached hydrogens (tertiary/aromatic N) is 1. The standard InChI is InChI=1S/C11H17NO2.ClH/c1-12(2)8-9-5-6-10(13-3)11(7-9)14-4;/h5-7H,8H2,1-4H3;1H. The van der Waals surface area contributed by atoms with Crippen LogP contribution in [0, 0.1) is 0 Å². The highest BCUT2D eigenvalue weighted by Crippen LogP contribution is 2.27. The van der Waals surface area contributed by atoms with Crippen LogP contribution in [0.25, 0.3) is 0 Å². The molecule has 0 aliphatic rings. The monoisotopic (exact) mass is 231 g/mol. The lowest BCUT2D eigenvalue weighted by Crippen LogP contribution is -2.10. The molecule has 0 aromatic heterocycles. The van der Waals surface area contributed by atoms with E-state index in [4.69, 9.17) is 9.47 Å². The third kappa shape index (κ3) is 3.98. The molecule has 0 aliphatic carbocycles. The highest BCUT2D eigenvalue weighted by molar-refractivity contribution is 5.85. The Bertz CT molecular complexity index is 303. The molecule has 0 radical (unpaired) electrons. The molecule has 0 fully saturated rings. The summed E-state index contributed by atoms with van der Waals surface area (Å²) in [6, 6.07) is 5.97. The molecule has 0 saturated heterocycles. The summed E-state index contributed by atoms with van der Waals surface area (Å²) in [4.78, 5) is 2.11. The molecule has 1 aromatic rings. The molecule has 0 N–H and O–H groups in total. The lowest BCUT2D eigenvalue weighted by Gasteiger charge is -2.12. The number of methoxy groups -OCH3 is 2. The molecule has 0 unspecified atom stereocenters. The summed E-state index contributed by atoms with van der Waals surface area (Å²) in [5.41, 5.74) is 1.22. The summed E-state index contributed by atoms with van der Waals surface area (Å²) in [7, 11) is 7.37. The summed E-state index contributed by atoms with van der Waals surface area (Å²) < 4.78 is 10.4. The number of hydrogen-bond donors (Lipinski definition) is 0. The molecule has 0 amide bonds. The zero-order valence-corrected chi connectivity index (χ0v) is 10.4.